The Bertz CT molecular complexity index is 1290. The minimum absolute atomic E-state index is 0.0189. The molecule has 0 radical (unpaired) electrons. The molecule has 36 heavy (non-hydrogen) atoms. The highest BCUT2D eigenvalue weighted by molar-refractivity contribution is 6.36. The quantitative estimate of drug-likeness (QED) is 0.372. The van der Waals surface area contributed by atoms with Crippen LogP contribution in [-0.4, -0.2) is 50.0 Å². The summed E-state index contributed by atoms with van der Waals surface area (Å²) in [7, 11) is 1.51. The Balaban J connectivity index is 1.42. The van der Waals surface area contributed by atoms with Crippen molar-refractivity contribution >= 4 is 64.1 Å². The molecule has 3 aromatic carbocycles. The molecule has 0 aromatic heterocycles. The van der Waals surface area contributed by atoms with Crippen LogP contribution in [-0.2, 0) is 4.79 Å². The molecule has 1 N–H and O–H groups in total. The van der Waals surface area contributed by atoms with Crippen molar-refractivity contribution in [2.75, 3.05) is 43.5 Å². The van der Waals surface area contributed by atoms with Crippen LogP contribution in [0.3, 0.4) is 0 Å². The van der Waals surface area contributed by atoms with Gasteiger partial charge in [-0.2, -0.15) is 0 Å². The molecule has 0 bridgehead atoms. The summed E-state index contributed by atoms with van der Waals surface area (Å²) in [6, 6.07) is 17.8. The van der Waals surface area contributed by atoms with Crippen LogP contribution in [0.15, 0.2) is 66.7 Å². The maximum Gasteiger partial charge on any atom is 0.253 e. The van der Waals surface area contributed by atoms with Crippen molar-refractivity contribution in [3.05, 3.63) is 92.9 Å². The minimum Gasteiger partial charge on any atom is -0.495 e. The molecule has 9 heteroatoms. The Morgan fingerprint density at radius 3 is 2.31 bits per heavy atom. The highest BCUT2D eigenvalue weighted by Crippen LogP contribution is 2.33. The fourth-order valence-corrected chi connectivity index (χ4v) is 4.75. The summed E-state index contributed by atoms with van der Waals surface area (Å²) in [6.07, 6.45) is 3.01. The van der Waals surface area contributed by atoms with Crippen molar-refractivity contribution in [3.8, 4) is 5.75 Å². The number of hydrogen-bond donors (Lipinski definition) is 1. The van der Waals surface area contributed by atoms with E-state index in [1.54, 1.807) is 42.5 Å². The number of rotatable bonds is 6. The van der Waals surface area contributed by atoms with Gasteiger partial charge in [0.2, 0.25) is 5.91 Å². The number of ether oxygens (including phenoxy) is 1. The number of halogens is 3. The molecular formula is C27H24Cl3N3O3. The molecular weight excluding hydrogens is 521 g/mol. The number of para-hydroxylation sites is 2. The van der Waals surface area contributed by atoms with Gasteiger partial charge in [0, 0.05) is 53.4 Å². The van der Waals surface area contributed by atoms with Gasteiger partial charge in [-0.3, -0.25) is 9.59 Å². The van der Waals surface area contributed by atoms with Crippen molar-refractivity contribution in [1.29, 1.82) is 0 Å². The second kappa shape index (κ2) is 11.7. The van der Waals surface area contributed by atoms with Crippen LogP contribution >= 0.6 is 34.8 Å². The zero-order valence-electron chi connectivity index (χ0n) is 19.5. The third-order valence-corrected chi connectivity index (χ3v) is 6.57. The average Bonchev–Trinajstić information content (AvgIpc) is 2.88. The molecule has 186 valence electrons. The van der Waals surface area contributed by atoms with Crippen LogP contribution in [0.5, 0.6) is 5.75 Å². The van der Waals surface area contributed by atoms with Crippen LogP contribution in [0.4, 0.5) is 11.4 Å². The molecule has 1 saturated heterocycles. The van der Waals surface area contributed by atoms with Gasteiger partial charge in [0.1, 0.15) is 5.75 Å². The molecule has 0 spiro atoms. The summed E-state index contributed by atoms with van der Waals surface area (Å²) in [5, 5.41) is 4.35. The van der Waals surface area contributed by atoms with E-state index in [-0.39, 0.29) is 11.8 Å². The van der Waals surface area contributed by atoms with Gasteiger partial charge in [-0.05, 0) is 54.6 Å². The molecule has 1 fully saturated rings. The van der Waals surface area contributed by atoms with E-state index in [1.807, 2.05) is 29.2 Å². The third-order valence-electron chi connectivity index (χ3n) is 5.82. The van der Waals surface area contributed by atoms with E-state index in [4.69, 9.17) is 39.5 Å². The maximum absolute atomic E-state index is 12.8. The fourth-order valence-electron chi connectivity index (χ4n) is 4.04. The van der Waals surface area contributed by atoms with Gasteiger partial charge in [0.15, 0.2) is 0 Å². The lowest BCUT2D eigenvalue weighted by Gasteiger charge is -2.37. The molecule has 0 aliphatic carbocycles. The van der Waals surface area contributed by atoms with E-state index < -0.39 is 0 Å². The summed E-state index contributed by atoms with van der Waals surface area (Å²) in [4.78, 5) is 29.5. The average molecular weight is 545 g/mol. The minimum atomic E-state index is -0.308. The van der Waals surface area contributed by atoms with Crippen molar-refractivity contribution in [2.24, 2.45) is 0 Å². The van der Waals surface area contributed by atoms with Crippen LogP contribution in [0, 0.1) is 0 Å². The summed E-state index contributed by atoms with van der Waals surface area (Å²) in [5.41, 5.74) is 2.78. The van der Waals surface area contributed by atoms with Gasteiger partial charge in [-0.15, -0.1) is 0 Å². The molecule has 1 aliphatic rings. The van der Waals surface area contributed by atoms with Gasteiger partial charge in [-0.1, -0.05) is 46.9 Å². The van der Waals surface area contributed by atoms with Crippen molar-refractivity contribution < 1.29 is 14.3 Å². The Morgan fingerprint density at radius 1 is 0.917 bits per heavy atom. The number of nitrogens with zero attached hydrogens (tertiary/aromatic N) is 2. The number of anilines is 2. The van der Waals surface area contributed by atoms with Gasteiger partial charge in [0.05, 0.1) is 23.5 Å². The first-order chi connectivity index (χ1) is 17.4. The molecule has 2 amide bonds. The summed E-state index contributed by atoms with van der Waals surface area (Å²) in [5.74, 6) is 0.114. The fraction of sp³-hybridized carbons (Fsp3) is 0.185. The first kappa shape index (κ1) is 25.9. The van der Waals surface area contributed by atoms with E-state index >= 15 is 0 Å². The number of piperazine rings is 1. The van der Waals surface area contributed by atoms with Crippen LogP contribution < -0.4 is 15.0 Å². The van der Waals surface area contributed by atoms with Crippen molar-refractivity contribution in [1.82, 2.24) is 4.90 Å². The highest BCUT2D eigenvalue weighted by atomic mass is 35.5. The second-order valence-electron chi connectivity index (χ2n) is 8.14. The summed E-state index contributed by atoms with van der Waals surface area (Å²) in [6.45, 7) is 2.42. The molecule has 0 saturated carbocycles. The SMILES string of the molecule is COc1c(Cl)cc(Cl)cc1/C=C/C(=O)Nc1ccccc1N1CCN(C(=O)c2ccc(Cl)cc2)CC1. The second-order valence-corrected chi connectivity index (χ2v) is 9.42. The standard InChI is InChI=1S/C27H24Cl3N3O3/c1-36-26-19(16-21(29)17-22(26)30)8-11-25(34)31-23-4-2-3-5-24(23)32-12-14-33(15-13-32)27(35)18-6-9-20(28)10-7-18/h2-11,16-17H,12-15H2,1H3,(H,31,34)/b11-8+. The first-order valence-electron chi connectivity index (χ1n) is 11.3. The first-order valence-corrected chi connectivity index (χ1v) is 12.4. The molecule has 3 aromatic rings. The van der Waals surface area contributed by atoms with E-state index in [2.05, 4.69) is 10.2 Å². The predicted octanol–water partition coefficient (Wildman–Crippen LogP) is 6.27. The zero-order chi connectivity index (χ0) is 25.7. The monoisotopic (exact) mass is 543 g/mol. The van der Waals surface area contributed by atoms with Crippen molar-refractivity contribution in [3.63, 3.8) is 0 Å². The van der Waals surface area contributed by atoms with Gasteiger partial charge >= 0.3 is 0 Å². The Hall–Kier alpha value is -3.19. The lowest BCUT2D eigenvalue weighted by atomic mass is 10.1. The van der Waals surface area contributed by atoms with Crippen molar-refractivity contribution in [2.45, 2.75) is 0 Å². The van der Waals surface area contributed by atoms with E-state index in [9.17, 15) is 9.59 Å². The molecule has 1 heterocycles. The zero-order valence-corrected chi connectivity index (χ0v) is 21.8. The lowest BCUT2D eigenvalue weighted by molar-refractivity contribution is -0.111. The Labute approximate surface area is 225 Å². The third kappa shape index (κ3) is 6.13. The van der Waals surface area contributed by atoms with Crippen LogP contribution in [0.2, 0.25) is 15.1 Å². The lowest BCUT2D eigenvalue weighted by Crippen LogP contribution is -2.49. The smallest absolute Gasteiger partial charge is 0.253 e. The normalized spacial score (nSPS) is 13.7. The number of amides is 2. The Morgan fingerprint density at radius 2 is 1.61 bits per heavy atom. The molecule has 1 aliphatic heterocycles. The molecule has 0 atom stereocenters. The number of methoxy groups -OCH3 is 1. The number of hydrogen-bond acceptors (Lipinski definition) is 4. The number of carbonyl (C=O) groups is 2. The Kier molecular flexibility index (Phi) is 8.41. The van der Waals surface area contributed by atoms with E-state index in [0.29, 0.717) is 63.8 Å². The number of benzene rings is 3. The van der Waals surface area contributed by atoms with Gasteiger partial charge < -0.3 is 19.9 Å². The summed E-state index contributed by atoms with van der Waals surface area (Å²) < 4.78 is 5.32. The number of nitrogens with one attached hydrogen (secondary N) is 1. The highest BCUT2D eigenvalue weighted by Gasteiger charge is 2.23. The predicted molar refractivity (Wildman–Crippen MR) is 147 cm³/mol. The summed E-state index contributed by atoms with van der Waals surface area (Å²) >= 11 is 18.2. The van der Waals surface area contributed by atoms with Crippen LogP contribution in [0.1, 0.15) is 15.9 Å². The van der Waals surface area contributed by atoms with Crippen LogP contribution in [0.25, 0.3) is 6.08 Å². The van der Waals surface area contributed by atoms with Gasteiger partial charge in [0.25, 0.3) is 5.91 Å². The molecule has 4 rings (SSSR count). The van der Waals surface area contributed by atoms with E-state index in [0.717, 1.165) is 5.69 Å². The van der Waals surface area contributed by atoms with Gasteiger partial charge in [-0.25, -0.2) is 0 Å². The topological polar surface area (TPSA) is 61.9 Å². The van der Waals surface area contributed by atoms with E-state index in [1.165, 1.54) is 13.2 Å². The largest absolute Gasteiger partial charge is 0.495 e. The molecule has 6 nitrogen and oxygen atoms in total. The number of carbonyl (C=O) groups excluding carboxylic acids is 2. The maximum atomic E-state index is 12.8. The molecule has 0 unspecified atom stereocenters.